The summed E-state index contributed by atoms with van der Waals surface area (Å²) in [7, 11) is 1.44. The number of likely N-dealkylation sites (tertiary alicyclic amines) is 1. The molecule has 1 aliphatic rings. The molecule has 4 atom stereocenters. The number of hydrogen-bond acceptors (Lipinski definition) is 6. The van der Waals surface area contributed by atoms with Crippen LogP contribution in [0, 0.1) is 5.41 Å². The Morgan fingerprint density at radius 3 is 2.40 bits per heavy atom. The number of nitrogens with one attached hydrogen (secondary N) is 1. The molecular formula is C10H21BrN4O5. The van der Waals surface area contributed by atoms with Crippen molar-refractivity contribution in [3.05, 3.63) is 0 Å². The Labute approximate surface area is 126 Å². The number of aliphatic hydroxyl groups is 4. The van der Waals surface area contributed by atoms with Gasteiger partial charge in [-0.15, -0.1) is 17.0 Å². The molecule has 9 nitrogen and oxygen atoms in total. The van der Waals surface area contributed by atoms with E-state index in [2.05, 4.69) is 0 Å². The molecule has 118 valence electrons. The van der Waals surface area contributed by atoms with E-state index in [4.69, 9.17) is 11.1 Å². The first kappa shape index (κ1) is 19.1. The Balaban J connectivity index is 0.00000361. The second-order valence-corrected chi connectivity index (χ2v) is 4.59. The summed E-state index contributed by atoms with van der Waals surface area (Å²) in [4.78, 5) is 14.3. The van der Waals surface area contributed by atoms with Crippen LogP contribution in [0.2, 0.25) is 0 Å². The predicted octanol–water partition coefficient (Wildman–Crippen LogP) is -3.32. The highest BCUT2D eigenvalue weighted by molar-refractivity contribution is 8.93. The summed E-state index contributed by atoms with van der Waals surface area (Å²) in [6.07, 6.45) is -4.13. The van der Waals surface area contributed by atoms with Gasteiger partial charge >= 0.3 is 0 Å². The largest absolute Gasteiger partial charge is 0.394 e. The van der Waals surface area contributed by atoms with E-state index < -0.39 is 36.9 Å². The molecule has 0 aromatic carbocycles. The quantitative estimate of drug-likeness (QED) is 0.228. The van der Waals surface area contributed by atoms with Crippen molar-refractivity contribution in [1.29, 1.82) is 5.41 Å². The topological polar surface area (TPSA) is 154 Å². The molecule has 1 aliphatic heterocycles. The number of aliphatic hydroxyl groups excluding tert-OH is 4. The molecule has 1 unspecified atom stereocenters. The molecule has 0 radical (unpaired) electrons. The highest BCUT2D eigenvalue weighted by Crippen LogP contribution is 2.19. The number of hydrogen-bond donors (Lipinski definition) is 6. The number of halogens is 1. The number of amides is 1. The van der Waals surface area contributed by atoms with Gasteiger partial charge in [0.05, 0.1) is 19.2 Å². The van der Waals surface area contributed by atoms with Crippen molar-refractivity contribution in [3.63, 3.8) is 0 Å². The van der Waals surface area contributed by atoms with Crippen LogP contribution >= 0.6 is 17.0 Å². The second-order valence-electron chi connectivity index (χ2n) is 4.59. The molecule has 10 heteroatoms. The highest BCUT2D eigenvalue weighted by Gasteiger charge is 2.43. The SMILES string of the molecule is Br.CN(CC(=O)N1C[C@H](O)[C@@H](O)[C@@H](O)C1CO)C(=N)N. The van der Waals surface area contributed by atoms with Crippen LogP contribution in [0.25, 0.3) is 0 Å². The van der Waals surface area contributed by atoms with Crippen molar-refractivity contribution in [1.82, 2.24) is 9.80 Å². The Hall–Kier alpha value is -0.940. The van der Waals surface area contributed by atoms with E-state index in [1.807, 2.05) is 0 Å². The minimum absolute atomic E-state index is 0. The van der Waals surface area contributed by atoms with Gasteiger partial charge in [-0.2, -0.15) is 0 Å². The van der Waals surface area contributed by atoms with Gasteiger partial charge in [-0.25, -0.2) is 0 Å². The van der Waals surface area contributed by atoms with E-state index in [1.165, 1.54) is 11.9 Å². The van der Waals surface area contributed by atoms with Crippen LogP contribution in [0.4, 0.5) is 0 Å². The summed E-state index contributed by atoms with van der Waals surface area (Å²) in [5.41, 5.74) is 5.21. The van der Waals surface area contributed by atoms with Crippen LogP contribution in [0.3, 0.4) is 0 Å². The number of likely N-dealkylation sites (N-methyl/N-ethyl adjacent to an activating group) is 1. The highest BCUT2D eigenvalue weighted by atomic mass is 79.9. The van der Waals surface area contributed by atoms with Crippen molar-refractivity contribution in [3.8, 4) is 0 Å². The van der Waals surface area contributed by atoms with Crippen LogP contribution in [-0.2, 0) is 4.79 Å². The fourth-order valence-corrected chi connectivity index (χ4v) is 1.96. The maximum atomic E-state index is 12.0. The van der Waals surface area contributed by atoms with Crippen molar-refractivity contribution in [2.45, 2.75) is 24.4 Å². The Morgan fingerprint density at radius 1 is 1.40 bits per heavy atom. The maximum Gasteiger partial charge on any atom is 0.242 e. The number of carbonyl (C=O) groups is 1. The fraction of sp³-hybridized carbons (Fsp3) is 0.800. The van der Waals surface area contributed by atoms with E-state index >= 15 is 0 Å². The molecular weight excluding hydrogens is 336 g/mol. The molecule has 0 spiro atoms. The van der Waals surface area contributed by atoms with Gasteiger partial charge in [0.2, 0.25) is 5.91 Å². The van der Waals surface area contributed by atoms with E-state index in [0.717, 1.165) is 4.90 Å². The molecule has 20 heavy (non-hydrogen) atoms. The molecule has 0 aromatic rings. The van der Waals surface area contributed by atoms with Gasteiger partial charge < -0.3 is 36.0 Å². The molecule has 1 amide bonds. The van der Waals surface area contributed by atoms with Gasteiger partial charge in [-0.3, -0.25) is 10.2 Å². The standard InChI is InChI=1S/C10H20N4O5.BrH/c1-13(10(11)12)3-7(17)14-2-6(16)9(19)8(18)5(14)4-15;/h5-6,8-9,15-16,18-19H,2-4H2,1H3,(H3,11,12);1H/t5?,6-,8-,9+;/m0./s1. The molecule has 1 saturated heterocycles. The molecule has 1 fully saturated rings. The van der Waals surface area contributed by atoms with Gasteiger partial charge in [-0.05, 0) is 0 Å². The predicted molar refractivity (Wildman–Crippen MR) is 75.5 cm³/mol. The van der Waals surface area contributed by atoms with E-state index in [1.54, 1.807) is 0 Å². The maximum absolute atomic E-state index is 12.0. The Morgan fingerprint density at radius 2 is 1.95 bits per heavy atom. The van der Waals surface area contributed by atoms with Crippen LogP contribution in [0.5, 0.6) is 0 Å². The number of rotatable bonds is 3. The van der Waals surface area contributed by atoms with Gasteiger partial charge in [0.1, 0.15) is 18.3 Å². The number of nitrogens with zero attached hydrogens (tertiary/aromatic N) is 2. The lowest BCUT2D eigenvalue weighted by Crippen LogP contribution is -2.65. The van der Waals surface area contributed by atoms with Crippen LogP contribution in [-0.4, -0.2) is 93.2 Å². The second kappa shape index (κ2) is 7.74. The monoisotopic (exact) mass is 356 g/mol. The third-order valence-electron chi connectivity index (χ3n) is 3.21. The minimum atomic E-state index is -1.43. The summed E-state index contributed by atoms with van der Waals surface area (Å²) in [5, 5.41) is 45.1. The molecule has 0 aliphatic carbocycles. The first-order valence-electron chi connectivity index (χ1n) is 5.79. The summed E-state index contributed by atoms with van der Waals surface area (Å²) in [5.74, 6) is -0.811. The third-order valence-corrected chi connectivity index (χ3v) is 3.21. The van der Waals surface area contributed by atoms with Crippen molar-refractivity contribution < 1.29 is 25.2 Å². The summed E-state index contributed by atoms with van der Waals surface area (Å²) >= 11 is 0. The molecule has 0 saturated carbocycles. The lowest BCUT2D eigenvalue weighted by molar-refractivity contribution is -0.166. The molecule has 1 heterocycles. The average molecular weight is 357 g/mol. The van der Waals surface area contributed by atoms with Gasteiger partial charge in [0.25, 0.3) is 0 Å². The van der Waals surface area contributed by atoms with Crippen LogP contribution in [0.15, 0.2) is 0 Å². The normalized spacial score (nSPS) is 29.6. The molecule has 0 aromatic heterocycles. The van der Waals surface area contributed by atoms with Gasteiger partial charge in [0, 0.05) is 13.6 Å². The molecule has 7 N–H and O–H groups in total. The van der Waals surface area contributed by atoms with Crippen LogP contribution < -0.4 is 5.73 Å². The lowest BCUT2D eigenvalue weighted by atomic mass is 9.94. The van der Waals surface area contributed by atoms with E-state index in [9.17, 15) is 25.2 Å². The van der Waals surface area contributed by atoms with E-state index in [0.29, 0.717) is 0 Å². The number of carbonyl (C=O) groups excluding carboxylic acids is 1. The fourth-order valence-electron chi connectivity index (χ4n) is 1.96. The summed E-state index contributed by atoms with van der Waals surface area (Å²) in [6, 6.07) is -0.994. The zero-order chi connectivity index (χ0) is 14.7. The third kappa shape index (κ3) is 4.03. The minimum Gasteiger partial charge on any atom is -0.394 e. The Bertz CT molecular complexity index is 359. The van der Waals surface area contributed by atoms with Crippen LogP contribution in [0.1, 0.15) is 0 Å². The zero-order valence-corrected chi connectivity index (χ0v) is 12.7. The number of nitrogens with two attached hydrogens (primary N) is 1. The number of guanidine groups is 1. The van der Waals surface area contributed by atoms with Gasteiger partial charge in [0.15, 0.2) is 5.96 Å². The first-order chi connectivity index (χ1) is 8.79. The van der Waals surface area contributed by atoms with Crippen molar-refractivity contribution in [2.24, 2.45) is 5.73 Å². The van der Waals surface area contributed by atoms with E-state index in [-0.39, 0.29) is 36.0 Å². The smallest absolute Gasteiger partial charge is 0.242 e. The van der Waals surface area contributed by atoms with Crippen molar-refractivity contribution >= 4 is 28.8 Å². The Kier molecular flexibility index (Phi) is 7.38. The number of piperidine rings is 1. The molecule has 0 bridgehead atoms. The van der Waals surface area contributed by atoms with Gasteiger partial charge in [-0.1, -0.05) is 0 Å². The summed E-state index contributed by atoms with van der Waals surface area (Å²) in [6.45, 7) is -0.962. The number of β-amino-alcohol motifs (C(OH)–C–C–N with tert-alkyl or cyclic N) is 1. The zero-order valence-electron chi connectivity index (χ0n) is 11.0. The summed E-state index contributed by atoms with van der Waals surface area (Å²) < 4.78 is 0. The first-order valence-corrected chi connectivity index (χ1v) is 5.79. The lowest BCUT2D eigenvalue weighted by Gasteiger charge is -2.43. The van der Waals surface area contributed by atoms with Crippen molar-refractivity contribution in [2.75, 3.05) is 26.7 Å². The molecule has 1 rings (SSSR count). The average Bonchev–Trinajstić information content (AvgIpc) is 2.35.